The lowest BCUT2D eigenvalue weighted by atomic mass is 9.91. The molecule has 11 nitrogen and oxygen atoms in total. The Morgan fingerprint density at radius 1 is 1.07 bits per heavy atom. The number of carbonyl (C=O) groups excluding carboxylic acids is 2. The number of rotatable bonds is 8. The monoisotopic (exact) mass is 553 g/mol. The largest absolute Gasteiger partial charge is 0.497 e. The van der Waals surface area contributed by atoms with Crippen molar-refractivity contribution >= 4 is 40.4 Å². The number of carboxylic acid groups (broad SMARTS) is 2. The van der Waals surface area contributed by atoms with Crippen LogP contribution in [0.25, 0.3) is 10.9 Å². The topological polar surface area (TPSA) is 149 Å². The highest BCUT2D eigenvalue weighted by atomic mass is 16.5. The van der Waals surface area contributed by atoms with Crippen LogP contribution in [0.4, 0.5) is 5.69 Å². The summed E-state index contributed by atoms with van der Waals surface area (Å²) >= 11 is 0. The number of para-hydroxylation sites is 1. The van der Waals surface area contributed by atoms with Gasteiger partial charge in [0.1, 0.15) is 11.4 Å². The van der Waals surface area contributed by atoms with Gasteiger partial charge in [-0.25, -0.2) is 14.4 Å². The van der Waals surface area contributed by atoms with Crippen molar-refractivity contribution in [2.75, 3.05) is 45.8 Å². The Morgan fingerprint density at radius 3 is 2.40 bits per heavy atom. The zero-order valence-corrected chi connectivity index (χ0v) is 23.1. The summed E-state index contributed by atoms with van der Waals surface area (Å²) in [7, 11) is 5.74. The van der Waals surface area contributed by atoms with E-state index in [2.05, 4.69) is 30.0 Å². The van der Waals surface area contributed by atoms with Crippen LogP contribution < -0.4 is 9.64 Å². The van der Waals surface area contributed by atoms with Crippen LogP contribution in [0, 0.1) is 5.92 Å². The third-order valence-electron chi connectivity index (χ3n) is 6.52. The van der Waals surface area contributed by atoms with Crippen LogP contribution in [0.15, 0.2) is 42.5 Å². The van der Waals surface area contributed by atoms with Crippen molar-refractivity contribution < 1.29 is 38.9 Å². The predicted molar refractivity (Wildman–Crippen MR) is 149 cm³/mol. The molecule has 40 heavy (non-hydrogen) atoms. The number of H-pyrrole nitrogens is 1. The summed E-state index contributed by atoms with van der Waals surface area (Å²) in [4.78, 5) is 51.7. The first-order chi connectivity index (χ1) is 19.0. The average molecular weight is 554 g/mol. The molecule has 2 heterocycles. The Bertz CT molecular complexity index is 1370. The maximum atomic E-state index is 13.5. The van der Waals surface area contributed by atoms with Crippen molar-refractivity contribution in [3.05, 3.63) is 59.3 Å². The fourth-order valence-electron chi connectivity index (χ4n) is 4.91. The Kier molecular flexibility index (Phi) is 10.3. The summed E-state index contributed by atoms with van der Waals surface area (Å²) in [6.07, 6.45) is 1.68. The van der Waals surface area contributed by atoms with Gasteiger partial charge in [-0.2, -0.15) is 0 Å². The van der Waals surface area contributed by atoms with Gasteiger partial charge in [0.25, 0.3) is 0 Å². The lowest BCUT2D eigenvalue weighted by Gasteiger charge is -2.36. The van der Waals surface area contributed by atoms with Crippen molar-refractivity contribution in [2.24, 2.45) is 5.92 Å². The number of hydrogen-bond acceptors (Lipinski definition) is 7. The van der Waals surface area contributed by atoms with Crippen LogP contribution in [-0.2, 0) is 32.0 Å². The molecule has 0 bridgehead atoms. The number of carbonyl (C=O) groups is 4. The highest BCUT2D eigenvalue weighted by Gasteiger charge is 2.29. The van der Waals surface area contributed by atoms with E-state index >= 15 is 0 Å². The minimum atomic E-state index is -1.82. The fraction of sp³-hybridized carbons (Fsp3) is 0.379. The highest BCUT2D eigenvalue weighted by molar-refractivity contribution is 6.27. The SMILES string of the molecule is CCOC(=O)c1[nH]c2ccc(OC)cc2c1CCC(=O)N1CC(CN(C)C)Cc2ccccc21.O=C(O)C(=O)O. The molecule has 1 unspecified atom stereocenters. The number of fused-ring (bicyclic) bond motifs is 2. The quantitative estimate of drug-likeness (QED) is 0.282. The number of nitrogens with one attached hydrogen (secondary N) is 1. The molecule has 1 aromatic heterocycles. The minimum absolute atomic E-state index is 0.0583. The minimum Gasteiger partial charge on any atom is -0.497 e. The van der Waals surface area contributed by atoms with E-state index < -0.39 is 17.9 Å². The molecule has 3 aromatic rings. The molecule has 11 heteroatoms. The maximum absolute atomic E-state index is 13.5. The molecular weight excluding hydrogens is 518 g/mol. The molecule has 0 fully saturated rings. The fourth-order valence-corrected chi connectivity index (χ4v) is 4.91. The van der Waals surface area contributed by atoms with Gasteiger partial charge in [-0.15, -0.1) is 0 Å². The van der Waals surface area contributed by atoms with Gasteiger partial charge < -0.3 is 34.5 Å². The molecule has 0 saturated carbocycles. The van der Waals surface area contributed by atoms with Gasteiger partial charge in [0.2, 0.25) is 5.91 Å². The van der Waals surface area contributed by atoms with Gasteiger partial charge in [0, 0.05) is 36.1 Å². The molecule has 1 aliphatic heterocycles. The number of aromatic amines is 1. The zero-order chi connectivity index (χ0) is 29.4. The lowest BCUT2D eigenvalue weighted by Crippen LogP contribution is -2.43. The van der Waals surface area contributed by atoms with Crippen molar-refractivity contribution in [3.8, 4) is 5.75 Å². The number of amides is 1. The van der Waals surface area contributed by atoms with Crippen LogP contribution in [0.1, 0.15) is 35.0 Å². The van der Waals surface area contributed by atoms with Gasteiger partial charge >= 0.3 is 17.9 Å². The number of methoxy groups -OCH3 is 1. The Labute approximate surface area is 232 Å². The van der Waals surface area contributed by atoms with Crippen molar-refractivity contribution in [2.45, 2.75) is 26.2 Å². The number of anilines is 1. The summed E-state index contributed by atoms with van der Waals surface area (Å²) in [5.74, 6) is -2.92. The molecule has 3 N–H and O–H groups in total. The number of benzene rings is 2. The predicted octanol–water partition coefficient (Wildman–Crippen LogP) is 3.21. The number of aliphatic carboxylic acids is 2. The van der Waals surface area contributed by atoms with Gasteiger partial charge in [-0.1, -0.05) is 18.2 Å². The van der Waals surface area contributed by atoms with E-state index in [1.54, 1.807) is 14.0 Å². The van der Waals surface area contributed by atoms with Crippen molar-refractivity contribution in [3.63, 3.8) is 0 Å². The van der Waals surface area contributed by atoms with E-state index in [9.17, 15) is 9.59 Å². The Balaban J connectivity index is 0.000000663. The molecule has 1 amide bonds. The first-order valence-corrected chi connectivity index (χ1v) is 12.9. The highest BCUT2D eigenvalue weighted by Crippen LogP contribution is 2.32. The van der Waals surface area contributed by atoms with Gasteiger partial charge in [0.05, 0.1) is 13.7 Å². The molecule has 1 aliphatic rings. The third kappa shape index (κ3) is 7.38. The second-order valence-corrected chi connectivity index (χ2v) is 9.69. The maximum Gasteiger partial charge on any atom is 0.414 e. The summed E-state index contributed by atoms with van der Waals surface area (Å²) < 4.78 is 10.7. The zero-order valence-electron chi connectivity index (χ0n) is 23.1. The number of ether oxygens (including phenoxy) is 2. The molecular formula is C29H35N3O8. The van der Waals surface area contributed by atoms with Crippen molar-refractivity contribution in [1.29, 1.82) is 0 Å². The molecule has 2 aromatic carbocycles. The summed E-state index contributed by atoms with van der Waals surface area (Å²) in [6.45, 7) is 3.69. The molecule has 1 atom stereocenters. The molecule has 214 valence electrons. The lowest BCUT2D eigenvalue weighted by molar-refractivity contribution is -0.159. The van der Waals surface area contributed by atoms with Crippen LogP contribution in [-0.4, -0.2) is 84.8 Å². The Morgan fingerprint density at radius 2 is 1.77 bits per heavy atom. The first-order valence-electron chi connectivity index (χ1n) is 12.9. The van der Waals surface area contributed by atoms with Crippen LogP contribution in [0.3, 0.4) is 0 Å². The number of aromatic nitrogens is 1. The van der Waals surface area contributed by atoms with E-state index in [-0.39, 0.29) is 12.5 Å². The van der Waals surface area contributed by atoms with E-state index in [4.69, 9.17) is 29.3 Å². The molecule has 0 spiro atoms. The van der Waals surface area contributed by atoms with Crippen LogP contribution in [0.5, 0.6) is 5.75 Å². The summed E-state index contributed by atoms with van der Waals surface area (Å²) in [5, 5.41) is 15.7. The standard InChI is InChI=1S/C27H33N3O4.C2H2O4/c1-5-34-27(32)26-21(22-15-20(33-4)10-12-23(22)28-26)11-13-25(31)30-17-18(16-29(2)3)14-19-8-6-7-9-24(19)30;3-1(4)2(5)6/h6-10,12,15,18,28H,5,11,13-14,16-17H2,1-4H3;(H,3,4)(H,5,6). The van der Waals surface area contributed by atoms with Crippen molar-refractivity contribution in [1.82, 2.24) is 9.88 Å². The summed E-state index contributed by atoms with van der Waals surface area (Å²) in [6, 6.07) is 13.8. The normalized spacial score (nSPS) is 14.2. The van der Waals surface area contributed by atoms with Gasteiger partial charge in [-0.05, 0) is 75.2 Å². The average Bonchev–Trinajstić information content (AvgIpc) is 3.29. The van der Waals surface area contributed by atoms with E-state index in [1.807, 2.05) is 41.3 Å². The van der Waals surface area contributed by atoms with E-state index in [0.717, 1.165) is 35.1 Å². The first kappa shape index (κ1) is 30.2. The number of aryl methyl sites for hydroxylation is 1. The smallest absolute Gasteiger partial charge is 0.414 e. The van der Waals surface area contributed by atoms with E-state index in [0.29, 0.717) is 36.7 Å². The molecule has 0 radical (unpaired) electrons. The van der Waals surface area contributed by atoms with Crippen LogP contribution in [0.2, 0.25) is 0 Å². The molecule has 4 rings (SSSR count). The second-order valence-electron chi connectivity index (χ2n) is 9.69. The van der Waals surface area contributed by atoms with Crippen LogP contribution >= 0.6 is 0 Å². The number of nitrogens with zero attached hydrogens (tertiary/aromatic N) is 2. The van der Waals surface area contributed by atoms with Gasteiger partial charge in [-0.3, -0.25) is 4.79 Å². The van der Waals surface area contributed by atoms with Gasteiger partial charge in [0.15, 0.2) is 0 Å². The number of hydrogen-bond donors (Lipinski definition) is 3. The third-order valence-corrected chi connectivity index (χ3v) is 6.52. The Hall–Kier alpha value is -4.38. The second kappa shape index (κ2) is 13.6. The molecule has 0 aliphatic carbocycles. The number of carboxylic acids is 2. The molecule has 0 saturated heterocycles. The van der Waals surface area contributed by atoms with E-state index in [1.165, 1.54) is 5.56 Å². The summed E-state index contributed by atoms with van der Waals surface area (Å²) in [5.41, 5.74) is 4.21. The number of esters is 1.